The second-order valence-corrected chi connectivity index (χ2v) is 13.5. The molecule has 242 valence electrons. The minimum atomic E-state index is -0.349. The first-order valence-electron chi connectivity index (χ1n) is 17.7. The highest BCUT2D eigenvalue weighted by Crippen LogP contribution is 2.42. The first-order valence-corrected chi connectivity index (χ1v) is 17.7. The molecule has 0 radical (unpaired) electrons. The summed E-state index contributed by atoms with van der Waals surface area (Å²) in [5.41, 5.74) is 14.3. The predicted molar refractivity (Wildman–Crippen MR) is 216 cm³/mol. The van der Waals surface area contributed by atoms with E-state index in [4.69, 9.17) is 0 Å². The Morgan fingerprint density at radius 3 is 1.43 bits per heavy atom. The number of fused-ring (bicyclic) bond motifs is 3. The molecule has 1 aromatic heterocycles. The molecular weight excluding hydrogens is 615 g/mol. The van der Waals surface area contributed by atoms with Crippen molar-refractivity contribution in [3.05, 3.63) is 223 Å². The number of aromatic nitrogens is 1. The molecule has 1 nitrogen and oxygen atoms in total. The third-order valence-corrected chi connectivity index (χ3v) is 10.6. The number of nitrogens with zero attached hydrogens (tertiary/aromatic N) is 1. The van der Waals surface area contributed by atoms with E-state index in [0.717, 1.165) is 5.69 Å². The van der Waals surface area contributed by atoms with Gasteiger partial charge in [-0.05, 0) is 93.4 Å². The number of rotatable bonds is 7. The van der Waals surface area contributed by atoms with Gasteiger partial charge in [-0.15, -0.1) is 0 Å². The van der Waals surface area contributed by atoms with Crippen LogP contribution in [-0.4, -0.2) is 4.57 Å². The number of hydrogen-bond donors (Lipinski definition) is 0. The van der Waals surface area contributed by atoms with Gasteiger partial charge in [-0.2, -0.15) is 0 Å². The average Bonchev–Trinajstić information content (AvgIpc) is 3.55. The number of hydrogen-bond acceptors (Lipinski definition) is 0. The lowest BCUT2D eigenvalue weighted by molar-refractivity contribution is 0.693. The maximum absolute atomic E-state index is 2.39. The molecule has 0 spiro atoms. The summed E-state index contributed by atoms with van der Waals surface area (Å²) >= 11 is 0. The third-order valence-electron chi connectivity index (χ3n) is 10.6. The summed E-state index contributed by atoms with van der Waals surface area (Å²) in [6.07, 6.45) is 0. The van der Waals surface area contributed by atoms with Gasteiger partial charge in [0.15, 0.2) is 0 Å². The van der Waals surface area contributed by atoms with Crippen molar-refractivity contribution in [2.45, 2.75) is 12.3 Å². The lowest BCUT2D eigenvalue weighted by atomic mass is 9.70. The minimum Gasteiger partial charge on any atom is -0.309 e. The van der Waals surface area contributed by atoms with E-state index in [1.54, 1.807) is 0 Å². The van der Waals surface area contributed by atoms with Crippen molar-refractivity contribution in [1.29, 1.82) is 0 Å². The lowest BCUT2D eigenvalue weighted by Crippen LogP contribution is -2.25. The Hall–Kier alpha value is -6.44. The Bertz CT molecular complexity index is 2600. The maximum atomic E-state index is 2.39. The largest absolute Gasteiger partial charge is 0.309 e. The molecule has 0 N–H and O–H groups in total. The van der Waals surface area contributed by atoms with E-state index >= 15 is 0 Å². The summed E-state index contributed by atoms with van der Waals surface area (Å²) in [6.45, 7) is 2.36. The molecular formula is C50H37N. The first-order chi connectivity index (χ1) is 25.2. The monoisotopic (exact) mass is 651 g/mol. The van der Waals surface area contributed by atoms with Crippen LogP contribution in [0.15, 0.2) is 206 Å². The molecule has 1 atom stereocenters. The summed E-state index contributed by atoms with van der Waals surface area (Å²) in [6, 6.07) is 75.0. The molecule has 9 aromatic rings. The Balaban J connectivity index is 1.14. The van der Waals surface area contributed by atoms with Crippen molar-refractivity contribution in [3.8, 4) is 39.1 Å². The number of benzene rings is 8. The van der Waals surface area contributed by atoms with Gasteiger partial charge < -0.3 is 4.57 Å². The zero-order valence-electron chi connectivity index (χ0n) is 28.6. The standard InChI is InChI=1S/C50H37N/c1-50(42-19-9-4-10-20-42,43-29-24-38(25-30-43)36-14-5-2-6-15-36)44-21-13-18-40(34-44)41-28-33-49-47(35-41)46-22-11-12-23-48(46)51(49)45-31-26-39(27-32-45)37-16-7-3-8-17-37/h2-35H,1H3. The molecule has 51 heavy (non-hydrogen) atoms. The van der Waals surface area contributed by atoms with Crippen LogP contribution in [0.4, 0.5) is 0 Å². The summed E-state index contributed by atoms with van der Waals surface area (Å²) in [7, 11) is 0. The molecule has 1 heterocycles. The van der Waals surface area contributed by atoms with Crippen LogP contribution in [0.1, 0.15) is 23.6 Å². The normalized spacial score (nSPS) is 12.6. The lowest BCUT2D eigenvalue weighted by Gasteiger charge is -2.32. The van der Waals surface area contributed by atoms with Gasteiger partial charge in [0.1, 0.15) is 0 Å². The smallest absolute Gasteiger partial charge is 0.0541 e. The van der Waals surface area contributed by atoms with Crippen LogP contribution in [0.3, 0.4) is 0 Å². The Kier molecular flexibility index (Phi) is 7.67. The third kappa shape index (κ3) is 5.44. The predicted octanol–water partition coefficient (Wildman–Crippen LogP) is 13.1. The molecule has 0 bridgehead atoms. The van der Waals surface area contributed by atoms with Crippen LogP contribution in [0, 0.1) is 0 Å². The minimum absolute atomic E-state index is 0.349. The highest BCUT2D eigenvalue weighted by molar-refractivity contribution is 6.10. The fraction of sp³-hybridized carbons (Fsp3) is 0.0400. The van der Waals surface area contributed by atoms with Crippen molar-refractivity contribution < 1.29 is 0 Å². The molecule has 1 heteroatoms. The molecule has 0 aliphatic rings. The molecule has 0 amide bonds. The average molecular weight is 652 g/mol. The molecule has 8 aromatic carbocycles. The van der Waals surface area contributed by atoms with Crippen molar-refractivity contribution in [3.63, 3.8) is 0 Å². The van der Waals surface area contributed by atoms with Gasteiger partial charge >= 0.3 is 0 Å². The SMILES string of the molecule is CC(c1ccccc1)(c1ccc(-c2ccccc2)cc1)c1cccc(-c2ccc3c(c2)c2ccccc2n3-c2ccc(-c3ccccc3)cc2)c1. The maximum Gasteiger partial charge on any atom is 0.0541 e. The van der Waals surface area contributed by atoms with Gasteiger partial charge in [-0.1, -0.05) is 170 Å². The highest BCUT2D eigenvalue weighted by Gasteiger charge is 2.31. The zero-order chi connectivity index (χ0) is 34.2. The van der Waals surface area contributed by atoms with E-state index in [1.165, 1.54) is 71.9 Å². The quantitative estimate of drug-likeness (QED) is 0.151. The van der Waals surface area contributed by atoms with E-state index < -0.39 is 0 Å². The summed E-state index contributed by atoms with van der Waals surface area (Å²) < 4.78 is 2.39. The highest BCUT2D eigenvalue weighted by atomic mass is 15.0. The van der Waals surface area contributed by atoms with E-state index in [0.29, 0.717) is 0 Å². The first kappa shape index (κ1) is 30.6. The Morgan fingerprint density at radius 2 is 0.765 bits per heavy atom. The number of para-hydroxylation sites is 1. The molecule has 0 fully saturated rings. The van der Waals surface area contributed by atoms with Crippen LogP contribution in [0.5, 0.6) is 0 Å². The summed E-state index contributed by atoms with van der Waals surface area (Å²) in [5.74, 6) is 0. The van der Waals surface area contributed by atoms with Gasteiger partial charge in [-0.25, -0.2) is 0 Å². The molecule has 0 aliphatic heterocycles. The van der Waals surface area contributed by atoms with Crippen LogP contribution < -0.4 is 0 Å². The fourth-order valence-electron chi connectivity index (χ4n) is 7.77. The van der Waals surface area contributed by atoms with Crippen molar-refractivity contribution in [2.24, 2.45) is 0 Å². The van der Waals surface area contributed by atoms with E-state index in [9.17, 15) is 0 Å². The van der Waals surface area contributed by atoms with Crippen LogP contribution in [0.25, 0.3) is 60.9 Å². The van der Waals surface area contributed by atoms with Gasteiger partial charge in [-0.3, -0.25) is 0 Å². The second-order valence-electron chi connectivity index (χ2n) is 13.5. The van der Waals surface area contributed by atoms with Gasteiger partial charge in [0.25, 0.3) is 0 Å². The van der Waals surface area contributed by atoms with E-state index in [2.05, 4.69) is 218 Å². The Labute approximate surface area is 299 Å². The molecule has 9 rings (SSSR count). The van der Waals surface area contributed by atoms with E-state index in [-0.39, 0.29) is 5.41 Å². The zero-order valence-corrected chi connectivity index (χ0v) is 28.6. The van der Waals surface area contributed by atoms with Crippen molar-refractivity contribution in [1.82, 2.24) is 4.57 Å². The van der Waals surface area contributed by atoms with Crippen molar-refractivity contribution >= 4 is 21.8 Å². The van der Waals surface area contributed by atoms with Gasteiger partial charge in [0.2, 0.25) is 0 Å². The molecule has 0 aliphatic carbocycles. The van der Waals surface area contributed by atoms with Crippen LogP contribution in [-0.2, 0) is 5.41 Å². The summed E-state index contributed by atoms with van der Waals surface area (Å²) in [5, 5.41) is 2.51. The van der Waals surface area contributed by atoms with Crippen LogP contribution in [0.2, 0.25) is 0 Å². The molecule has 0 saturated carbocycles. The van der Waals surface area contributed by atoms with Crippen molar-refractivity contribution in [2.75, 3.05) is 0 Å². The Morgan fingerprint density at radius 1 is 0.314 bits per heavy atom. The van der Waals surface area contributed by atoms with Crippen LogP contribution >= 0.6 is 0 Å². The molecule has 1 unspecified atom stereocenters. The fourth-order valence-corrected chi connectivity index (χ4v) is 7.77. The second kappa shape index (κ2) is 12.8. The summed E-state index contributed by atoms with van der Waals surface area (Å²) in [4.78, 5) is 0. The van der Waals surface area contributed by atoms with E-state index in [1.807, 2.05) is 0 Å². The van der Waals surface area contributed by atoms with Gasteiger partial charge in [0, 0.05) is 21.9 Å². The molecule has 0 saturated heterocycles. The topological polar surface area (TPSA) is 4.93 Å². The van der Waals surface area contributed by atoms with Gasteiger partial charge in [0.05, 0.1) is 11.0 Å².